The van der Waals surface area contributed by atoms with Gasteiger partial charge in [-0.15, -0.1) is 0 Å². The van der Waals surface area contributed by atoms with E-state index in [1.807, 2.05) is 36.4 Å². The summed E-state index contributed by atoms with van der Waals surface area (Å²) in [5, 5.41) is 2.38. The monoisotopic (exact) mass is 904 g/mol. The first-order valence-electron chi connectivity index (χ1n) is 16.6. The third-order valence-corrected chi connectivity index (χ3v) is 9.21. The van der Waals surface area contributed by atoms with Crippen molar-refractivity contribution in [1.82, 2.24) is 20.0 Å². The summed E-state index contributed by atoms with van der Waals surface area (Å²) in [4.78, 5) is 49.4. The number of carbonyl (C=O) groups is 4. The summed E-state index contributed by atoms with van der Waals surface area (Å²) in [6, 6.07) is 7.64. The van der Waals surface area contributed by atoms with Gasteiger partial charge in [-0.05, 0) is 47.3 Å². The lowest BCUT2D eigenvalue weighted by molar-refractivity contribution is -0.161. The van der Waals surface area contributed by atoms with Crippen LogP contribution in [-0.2, 0) is 31.5 Å². The quantitative estimate of drug-likeness (QED) is 0.193. The molecule has 4 amide bonds. The van der Waals surface area contributed by atoms with E-state index in [0.717, 1.165) is 26.5 Å². The van der Waals surface area contributed by atoms with Crippen LogP contribution in [0.3, 0.4) is 0 Å². The standard InChI is InChI=1S/C18H20F2N2O2.C12H9F6NO.C6H6F2INO/c1-12-5-13(2)7-14(6-12)15-8-17(24)21(9-15)4-3-16(23)22-10-18(19,20)11-22;13-11(14,15)8-1-6(7-3-10(20)19-5-7)2-9(4-8)12(16,17)18;7-6(8)3-10(4-6)5(11)1-2-9/h3-7,15H,8-11H2,1-2H3;1-2,4,7H,3,5H2,(H,19,20);1-2H,3-4H2/b4-3+;;2-1-. The Kier molecular flexibility index (Phi) is 13.4. The minimum absolute atomic E-state index is 0.0391. The van der Waals surface area contributed by atoms with E-state index in [1.54, 1.807) is 0 Å². The summed E-state index contributed by atoms with van der Waals surface area (Å²) in [6.07, 6.45) is -5.56. The normalized spacial score (nSPS) is 21.7. The molecular weight excluding hydrogens is 869 g/mol. The van der Waals surface area contributed by atoms with Crippen LogP contribution in [-0.4, -0.2) is 89.4 Å². The van der Waals surface area contributed by atoms with Crippen LogP contribution in [0.15, 0.2) is 58.8 Å². The molecule has 0 saturated carbocycles. The van der Waals surface area contributed by atoms with Gasteiger partial charge in [-0.25, -0.2) is 17.6 Å². The molecule has 4 heterocycles. The molecule has 2 unspecified atom stereocenters. The van der Waals surface area contributed by atoms with Crippen LogP contribution in [0.2, 0.25) is 0 Å². The summed E-state index contributed by atoms with van der Waals surface area (Å²) >= 11 is 1.87. The van der Waals surface area contributed by atoms with Gasteiger partial charge in [-0.1, -0.05) is 51.9 Å². The number of alkyl halides is 10. The molecular formula is C36H35F10IN4O4. The van der Waals surface area contributed by atoms with Gasteiger partial charge in [-0.3, -0.25) is 19.2 Å². The third-order valence-electron chi connectivity index (χ3n) is 8.85. The van der Waals surface area contributed by atoms with Crippen molar-refractivity contribution in [3.8, 4) is 0 Å². The predicted molar refractivity (Wildman–Crippen MR) is 187 cm³/mol. The molecule has 2 aromatic rings. The fourth-order valence-corrected chi connectivity index (χ4v) is 6.46. The zero-order valence-corrected chi connectivity index (χ0v) is 31.4. The number of rotatable bonds is 5. The topological polar surface area (TPSA) is 90.0 Å². The fourth-order valence-electron chi connectivity index (χ4n) is 6.15. The largest absolute Gasteiger partial charge is 0.416 e. The summed E-state index contributed by atoms with van der Waals surface area (Å²) in [6.45, 7) is 2.61. The van der Waals surface area contributed by atoms with E-state index in [0.29, 0.717) is 25.1 Å². The van der Waals surface area contributed by atoms with E-state index >= 15 is 0 Å². The van der Waals surface area contributed by atoms with Crippen LogP contribution in [0.4, 0.5) is 43.9 Å². The van der Waals surface area contributed by atoms with Gasteiger partial charge in [0.25, 0.3) is 11.8 Å². The molecule has 4 aliphatic rings. The highest BCUT2D eigenvalue weighted by molar-refractivity contribution is 14.1. The van der Waals surface area contributed by atoms with Crippen molar-refractivity contribution in [2.45, 2.75) is 62.7 Å². The van der Waals surface area contributed by atoms with E-state index in [9.17, 15) is 63.1 Å². The first-order chi connectivity index (χ1) is 25.4. The molecule has 2 aromatic carbocycles. The molecule has 4 aliphatic heterocycles. The molecule has 0 bridgehead atoms. The lowest BCUT2D eigenvalue weighted by Gasteiger charge is -2.38. The van der Waals surface area contributed by atoms with E-state index in [-0.39, 0.29) is 48.2 Å². The van der Waals surface area contributed by atoms with Gasteiger partial charge in [0, 0.05) is 56.1 Å². The molecule has 8 nitrogen and oxygen atoms in total. The van der Waals surface area contributed by atoms with E-state index in [1.165, 1.54) is 27.3 Å². The molecule has 4 saturated heterocycles. The Morgan fingerprint density at radius 3 is 1.62 bits per heavy atom. The highest BCUT2D eigenvalue weighted by Crippen LogP contribution is 2.39. The first kappa shape index (κ1) is 43.6. The Morgan fingerprint density at radius 1 is 0.727 bits per heavy atom. The van der Waals surface area contributed by atoms with Crippen LogP contribution in [0.1, 0.15) is 58.1 Å². The number of nitrogens with one attached hydrogen (secondary N) is 1. The molecule has 4 fully saturated rings. The van der Waals surface area contributed by atoms with Gasteiger partial charge < -0.3 is 20.0 Å². The van der Waals surface area contributed by atoms with Crippen molar-refractivity contribution in [2.24, 2.45) is 0 Å². The Labute approximate surface area is 322 Å². The van der Waals surface area contributed by atoms with Crippen LogP contribution in [0.5, 0.6) is 0 Å². The third kappa shape index (κ3) is 12.2. The number of nitrogens with zero attached hydrogens (tertiary/aromatic N) is 3. The highest BCUT2D eigenvalue weighted by Gasteiger charge is 2.46. The highest BCUT2D eigenvalue weighted by atomic mass is 127. The number of aryl methyl sites for hydroxylation is 2. The average molecular weight is 905 g/mol. The minimum Gasteiger partial charge on any atom is -0.355 e. The lowest BCUT2D eigenvalue weighted by Crippen LogP contribution is -2.58. The molecule has 0 spiro atoms. The number of halogens is 11. The van der Waals surface area contributed by atoms with Crippen LogP contribution >= 0.6 is 22.6 Å². The van der Waals surface area contributed by atoms with E-state index in [4.69, 9.17) is 0 Å². The maximum Gasteiger partial charge on any atom is 0.416 e. The van der Waals surface area contributed by atoms with Gasteiger partial charge in [0.15, 0.2) is 0 Å². The van der Waals surface area contributed by atoms with Crippen LogP contribution < -0.4 is 5.32 Å². The lowest BCUT2D eigenvalue weighted by atomic mass is 9.94. The molecule has 6 rings (SSSR count). The number of amides is 4. The average Bonchev–Trinajstić information content (AvgIpc) is 3.65. The fraction of sp³-hybridized carbons (Fsp3) is 0.444. The van der Waals surface area contributed by atoms with Gasteiger partial charge in [0.1, 0.15) is 0 Å². The van der Waals surface area contributed by atoms with Crippen molar-refractivity contribution < 1.29 is 63.1 Å². The van der Waals surface area contributed by atoms with E-state index in [2.05, 4.69) is 23.5 Å². The molecule has 0 aromatic heterocycles. The second kappa shape index (κ2) is 16.9. The zero-order chi connectivity index (χ0) is 41.1. The number of benzene rings is 2. The number of hydrogen-bond donors (Lipinski definition) is 1. The number of likely N-dealkylation sites (tertiary alicyclic amines) is 3. The van der Waals surface area contributed by atoms with Crippen molar-refractivity contribution in [3.63, 3.8) is 0 Å². The summed E-state index contributed by atoms with van der Waals surface area (Å²) in [5.41, 5.74) is 0.569. The zero-order valence-electron chi connectivity index (χ0n) is 29.2. The maximum absolute atomic E-state index is 12.8. The maximum atomic E-state index is 12.8. The molecule has 0 radical (unpaired) electrons. The SMILES string of the molecule is Cc1cc(C)cc(C2CC(=O)N(/C=C/C(=O)N3CC(F)(F)C3)C2)c1.O=C(/C=C\I)N1CC(F)(F)C1.O=C1CC(c2cc(C(F)(F)F)cc(C(F)(F)F)c2)CN1. The Balaban J connectivity index is 0.000000196. The predicted octanol–water partition coefficient (Wildman–Crippen LogP) is 7.35. The van der Waals surface area contributed by atoms with Crippen molar-refractivity contribution in [3.05, 3.63) is 92.2 Å². The summed E-state index contributed by atoms with van der Waals surface area (Å²) in [5.74, 6) is -7.29. The molecule has 2 atom stereocenters. The first-order valence-corrected chi connectivity index (χ1v) is 17.8. The number of hydrogen-bond acceptors (Lipinski definition) is 4. The molecule has 0 aliphatic carbocycles. The Hall–Kier alpha value is -4.17. The van der Waals surface area contributed by atoms with Crippen LogP contribution in [0, 0.1) is 13.8 Å². The van der Waals surface area contributed by atoms with Gasteiger partial charge >= 0.3 is 12.4 Å². The summed E-state index contributed by atoms with van der Waals surface area (Å²) < 4.78 is 127. The number of carbonyl (C=O) groups excluding carboxylic acids is 4. The van der Waals surface area contributed by atoms with Crippen molar-refractivity contribution in [2.75, 3.05) is 39.3 Å². The van der Waals surface area contributed by atoms with E-state index < -0.39 is 73.3 Å². The van der Waals surface area contributed by atoms with Crippen LogP contribution in [0.25, 0.3) is 0 Å². The van der Waals surface area contributed by atoms with Gasteiger partial charge in [-0.2, -0.15) is 26.3 Å². The summed E-state index contributed by atoms with van der Waals surface area (Å²) in [7, 11) is 0. The second-order valence-corrected chi connectivity index (χ2v) is 14.3. The smallest absolute Gasteiger partial charge is 0.355 e. The second-order valence-electron chi connectivity index (χ2n) is 13.6. The molecule has 1 N–H and O–H groups in total. The Bertz CT molecular complexity index is 1780. The van der Waals surface area contributed by atoms with Crippen molar-refractivity contribution >= 4 is 46.2 Å². The molecule has 300 valence electrons. The van der Waals surface area contributed by atoms with Gasteiger partial charge in [0.05, 0.1) is 37.3 Å². The Morgan fingerprint density at radius 2 is 1.20 bits per heavy atom. The van der Waals surface area contributed by atoms with Gasteiger partial charge in [0.2, 0.25) is 23.6 Å². The molecule has 55 heavy (non-hydrogen) atoms. The van der Waals surface area contributed by atoms with Crippen molar-refractivity contribution in [1.29, 1.82) is 0 Å². The minimum atomic E-state index is -4.87. The molecule has 19 heteroatoms.